The number of rotatable bonds is 4. The van der Waals surface area contributed by atoms with Crippen LogP contribution in [-0.2, 0) is 6.42 Å². The number of nitrogens with zero attached hydrogens (tertiary/aromatic N) is 3. The normalized spacial score (nSPS) is 11.1. The highest BCUT2D eigenvalue weighted by Crippen LogP contribution is 2.19. The van der Waals surface area contributed by atoms with Gasteiger partial charge in [-0.25, -0.2) is 9.97 Å². The summed E-state index contributed by atoms with van der Waals surface area (Å²) in [6.07, 6.45) is 4.11. The molecule has 0 atom stereocenters. The molecule has 0 bridgehead atoms. The lowest BCUT2D eigenvalue weighted by Crippen LogP contribution is -2.11. The minimum atomic E-state index is -0.138. The van der Waals surface area contributed by atoms with Gasteiger partial charge in [0, 0.05) is 30.1 Å². The molecule has 1 N–H and O–H groups in total. The van der Waals surface area contributed by atoms with Gasteiger partial charge in [-0.1, -0.05) is 54.1 Å². The first-order valence-corrected chi connectivity index (χ1v) is 9.83. The second-order valence-electron chi connectivity index (χ2n) is 6.95. The molecule has 0 saturated heterocycles. The van der Waals surface area contributed by atoms with Crippen molar-refractivity contribution in [3.63, 3.8) is 0 Å². The summed E-state index contributed by atoms with van der Waals surface area (Å²) in [6, 6.07) is 24.3. The van der Waals surface area contributed by atoms with Gasteiger partial charge in [0.1, 0.15) is 16.6 Å². The SMILES string of the molecule is O=C(Nc1ccc(Cc2nc(Cl)[c]c3nccn23)cc1)c1ccc2ccccc2c1. The molecule has 0 fully saturated rings. The molecular formula is C24H16ClN4O. The molecule has 30 heavy (non-hydrogen) atoms. The van der Waals surface area contributed by atoms with Crippen LogP contribution in [0.4, 0.5) is 5.69 Å². The van der Waals surface area contributed by atoms with Crippen LogP contribution in [0.15, 0.2) is 79.1 Å². The van der Waals surface area contributed by atoms with E-state index in [4.69, 9.17) is 11.6 Å². The highest BCUT2D eigenvalue weighted by molar-refractivity contribution is 6.29. The highest BCUT2D eigenvalue weighted by Gasteiger charge is 2.09. The summed E-state index contributed by atoms with van der Waals surface area (Å²) < 4.78 is 1.86. The second-order valence-corrected chi connectivity index (χ2v) is 7.31. The summed E-state index contributed by atoms with van der Waals surface area (Å²) in [5, 5.41) is 5.40. The Kier molecular flexibility index (Phi) is 4.65. The molecule has 0 spiro atoms. The van der Waals surface area contributed by atoms with Crippen LogP contribution in [0.3, 0.4) is 0 Å². The molecule has 5 nitrogen and oxygen atoms in total. The van der Waals surface area contributed by atoms with E-state index in [9.17, 15) is 4.79 Å². The van der Waals surface area contributed by atoms with Crippen molar-refractivity contribution in [2.75, 3.05) is 5.32 Å². The molecule has 145 valence electrons. The Morgan fingerprint density at radius 3 is 2.67 bits per heavy atom. The third-order valence-corrected chi connectivity index (χ3v) is 5.13. The molecule has 0 aliphatic carbocycles. The molecule has 3 aromatic carbocycles. The third kappa shape index (κ3) is 3.63. The topological polar surface area (TPSA) is 59.3 Å². The number of carbonyl (C=O) groups is 1. The highest BCUT2D eigenvalue weighted by atomic mass is 35.5. The lowest BCUT2D eigenvalue weighted by atomic mass is 10.1. The van der Waals surface area contributed by atoms with Crippen LogP contribution in [0.5, 0.6) is 0 Å². The van der Waals surface area contributed by atoms with Crippen LogP contribution in [0.25, 0.3) is 16.4 Å². The zero-order valence-corrected chi connectivity index (χ0v) is 16.6. The number of halogens is 1. The molecule has 2 aromatic heterocycles. The monoisotopic (exact) mass is 411 g/mol. The first-order chi connectivity index (χ1) is 14.7. The molecule has 0 unspecified atom stereocenters. The van der Waals surface area contributed by atoms with Crippen LogP contribution < -0.4 is 5.32 Å². The lowest BCUT2D eigenvalue weighted by molar-refractivity contribution is 0.102. The predicted octanol–water partition coefficient (Wildman–Crippen LogP) is 5.18. The average molecular weight is 412 g/mol. The van der Waals surface area contributed by atoms with Crippen molar-refractivity contribution >= 4 is 39.6 Å². The van der Waals surface area contributed by atoms with E-state index >= 15 is 0 Å². The number of anilines is 1. The summed E-state index contributed by atoms with van der Waals surface area (Å²) in [6.45, 7) is 0. The smallest absolute Gasteiger partial charge is 0.255 e. The Balaban J connectivity index is 1.33. The van der Waals surface area contributed by atoms with Crippen molar-refractivity contribution < 1.29 is 4.79 Å². The molecule has 1 radical (unpaired) electrons. The predicted molar refractivity (Wildman–Crippen MR) is 118 cm³/mol. The molecule has 1 amide bonds. The van der Waals surface area contributed by atoms with Gasteiger partial charge in [-0.2, -0.15) is 0 Å². The van der Waals surface area contributed by atoms with Gasteiger partial charge >= 0.3 is 0 Å². The second kappa shape index (κ2) is 7.61. The van der Waals surface area contributed by atoms with Crippen molar-refractivity contribution in [1.29, 1.82) is 0 Å². The standard InChI is InChI=1S/C24H16ClN4O/c25-21-15-22-26-11-12-29(22)23(28-21)13-16-5-9-20(10-6-16)27-24(30)19-8-7-17-3-1-2-4-18(17)14-19/h1-12,14H,13H2,(H,27,30). The quantitative estimate of drug-likeness (QED) is 0.414. The number of hydrogen-bond donors (Lipinski definition) is 1. The van der Waals surface area contributed by atoms with Gasteiger partial charge in [-0.05, 0) is 40.6 Å². The van der Waals surface area contributed by atoms with E-state index in [0.717, 1.165) is 27.8 Å². The van der Waals surface area contributed by atoms with E-state index in [0.29, 0.717) is 22.8 Å². The maximum absolute atomic E-state index is 12.6. The van der Waals surface area contributed by atoms with Crippen molar-refractivity contribution in [3.05, 3.63) is 107 Å². The number of benzene rings is 3. The van der Waals surface area contributed by atoms with Crippen LogP contribution >= 0.6 is 11.6 Å². The van der Waals surface area contributed by atoms with Gasteiger partial charge in [0.05, 0.1) is 6.07 Å². The first-order valence-electron chi connectivity index (χ1n) is 9.45. The van der Waals surface area contributed by atoms with Crippen molar-refractivity contribution in [3.8, 4) is 0 Å². The van der Waals surface area contributed by atoms with Gasteiger partial charge in [-0.3, -0.25) is 9.20 Å². The lowest BCUT2D eigenvalue weighted by Gasteiger charge is -2.09. The first kappa shape index (κ1) is 18.3. The summed E-state index contributed by atoms with van der Waals surface area (Å²) in [5.41, 5.74) is 3.05. The molecule has 0 saturated carbocycles. The summed E-state index contributed by atoms with van der Waals surface area (Å²) >= 11 is 6.06. The van der Waals surface area contributed by atoms with Crippen LogP contribution in [0.2, 0.25) is 5.15 Å². The van der Waals surface area contributed by atoms with Gasteiger partial charge in [0.25, 0.3) is 5.91 Å². The van der Waals surface area contributed by atoms with Gasteiger partial charge in [0.15, 0.2) is 0 Å². The third-order valence-electron chi connectivity index (χ3n) is 4.95. The zero-order valence-electron chi connectivity index (χ0n) is 15.8. The van der Waals surface area contributed by atoms with Crippen molar-refractivity contribution in [2.24, 2.45) is 0 Å². The van der Waals surface area contributed by atoms with E-state index < -0.39 is 0 Å². The van der Waals surface area contributed by atoms with Gasteiger partial charge in [-0.15, -0.1) is 0 Å². The zero-order chi connectivity index (χ0) is 20.5. The maximum atomic E-state index is 12.6. The number of imidazole rings is 1. The molecule has 5 aromatic rings. The average Bonchev–Trinajstić information content (AvgIpc) is 3.23. The largest absolute Gasteiger partial charge is 0.322 e. The van der Waals surface area contributed by atoms with Crippen LogP contribution in [0.1, 0.15) is 21.7 Å². The minimum Gasteiger partial charge on any atom is -0.322 e. The van der Waals surface area contributed by atoms with E-state index in [2.05, 4.69) is 21.4 Å². The number of nitrogens with one attached hydrogen (secondary N) is 1. The maximum Gasteiger partial charge on any atom is 0.255 e. The van der Waals surface area contributed by atoms with Crippen molar-refractivity contribution in [1.82, 2.24) is 14.4 Å². The molecule has 5 rings (SSSR count). The fraction of sp³-hybridized carbons (Fsp3) is 0.0417. The molecule has 0 aliphatic heterocycles. The molecular weight excluding hydrogens is 396 g/mol. The summed E-state index contributed by atoms with van der Waals surface area (Å²) in [7, 11) is 0. The fourth-order valence-corrected chi connectivity index (χ4v) is 3.62. The summed E-state index contributed by atoms with van der Waals surface area (Å²) in [5.74, 6) is 0.639. The fourth-order valence-electron chi connectivity index (χ4n) is 3.44. The molecule has 0 aliphatic rings. The number of amides is 1. The number of hydrogen-bond acceptors (Lipinski definition) is 3. The number of aromatic nitrogens is 3. The van der Waals surface area contributed by atoms with Crippen molar-refractivity contribution in [2.45, 2.75) is 6.42 Å². The van der Waals surface area contributed by atoms with E-state index in [1.807, 2.05) is 77.3 Å². The minimum absolute atomic E-state index is 0.138. The number of carbonyl (C=O) groups excluding carboxylic acids is 1. The molecule has 2 heterocycles. The van der Waals surface area contributed by atoms with E-state index in [1.165, 1.54) is 0 Å². The Labute approximate surface area is 178 Å². The van der Waals surface area contributed by atoms with E-state index in [-0.39, 0.29) is 5.91 Å². The Hall–Kier alpha value is -3.70. The Bertz CT molecular complexity index is 1380. The van der Waals surface area contributed by atoms with Crippen LogP contribution in [0, 0.1) is 6.07 Å². The van der Waals surface area contributed by atoms with E-state index in [1.54, 1.807) is 6.20 Å². The summed E-state index contributed by atoms with van der Waals surface area (Å²) in [4.78, 5) is 21.2. The number of fused-ring (bicyclic) bond motifs is 2. The van der Waals surface area contributed by atoms with Gasteiger partial charge < -0.3 is 5.32 Å². The Morgan fingerprint density at radius 2 is 1.83 bits per heavy atom. The van der Waals surface area contributed by atoms with Gasteiger partial charge in [0.2, 0.25) is 0 Å². The Morgan fingerprint density at radius 1 is 1.03 bits per heavy atom. The van der Waals surface area contributed by atoms with Crippen LogP contribution in [-0.4, -0.2) is 20.3 Å². The molecule has 6 heteroatoms.